The van der Waals surface area contributed by atoms with Crippen molar-refractivity contribution in [3.63, 3.8) is 0 Å². The second-order valence-electron chi connectivity index (χ2n) is 4.29. The summed E-state index contributed by atoms with van der Waals surface area (Å²) in [5.41, 5.74) is 0.814. The van der Waals surface area contributed by atoms with Gasteiger partial charge in [0.2, 0.25) is 5.91 Å². The first kappa shape index (κ1) is 14.6. The number of rotatable bonds is 8. The maximum Gasteiger partial charge on any atom is 0.224 e. The van der Waals surface area contributed by atoms with Crippen LogP contribution in [0.3, 0.4) is 0 Å². The molecule has 0 unspecified atom stereocenters. The van der Waals surface area contributed by atoms with Crippen molar-refractivity contribution in [1.29, 1.82) is 0 Å². The lowest BCUT2D eigenvalue weighted by Gasteiger charge is -2.05. The molecule has 0 aliphatic carbocycles. The third-order valence-electron chi connectivity index (χ3n) is 2.68. The normalized spacial score (nSPS) is 10.3. The SMILES string of the molecule is O=C(Cc1ccc(F)cc1)NCCCCCCO. The fourth-order valence-electron chi connectivity index (χ4n) is 1.67. The van der Waals surface area contributed by atoms with E-state index in [1.165, 1.54) is 12.1 Å². The van der Waals surface area contributed by atoms with Crippen LogP contribution >= 0.6 is 0 Å². The summed E-state index contributed by atoms with van der Waals surface area (Å²) in [5.74, 6) is -0.327. The first-order chi connectivity index (χ1) is 8.72. The molecule has 4 heteroatoms. The first-order valence-electron chi connectivity index (χ1n) is 6.34. The van der Waals surface area contributed by atoms with E-state index < -0.39 is 0 Å². The van der Waals surface area contributed by atoms with Crippen LogP contribution in [0, 0.1) is 5.82 Å². The number of carbonyl (C=O) groups is 1. The zero-order chi connectivity index (χ0) is 13.2. The van der Waals surface area contributed by atoms with Gasteiger partial charge in [-0.05, 0) is 30.5 Å². The van der Waals surface area contributed by atoms with Crippen LogP contribution in [0.1, 0.15) is 31.2 Å². The van der Waals surface area contributed by atoms with Gasteiger partial charge in [-0.25, -0.2) is 4.39 Å². The zero-order valence-electron chi connectivity index (χ0n) is 10.5. The fourth-order valence-corrected chi connectivity index (χ4v) is 1.67. The van der Waals surface area contributed by atoms with Gasteiger partial charge in [0.25, 0.3) is 0 Å². The summed E-state index contributed by atoms with van der Waals surface area (Å²) in [5, 5.41) is 11.4. The van der Waals surface area contributed by atoms with Gasteiger partial charge in [0.1, 0.15) is 5.82 Å². The molecule has 2 N–H and O–H groups in total. The third kappa shape index (κ3) is 6.35. The predicted molar refractivity (Wildman–Crippen MR) is 68.7 cm³/mol. The lowest BCUT2D eigenvalue weighted by Crippen LogP contribution is -2.26. The number of hydrogen-bond donors (Lipinski definition) is 2. The number of halogens is 1. The van der Waals surface area contributed by atoms with E-state index in [1.807, 2.05) is 0 Å². The van der Waals surface area contributed by atoms with Crippen molar-refractivity contribution in [2.45, 2.75) is 32.1 Å². The summed E-state index contributed by atoms with van der Waals surface area (Å²) in [6.07, 6.45) is 4.04. The van der Waals surface area contributed by atoms with Gasteiger partial charge in [-0.3, -0.25) is 4.79 Å². The van der Waals surface area contributed by atoms with Crippen molar-refractivity contribution >= 4 is 5.91 Å². The maximum atomic E-state index is 12.7. The Hall–Kier alpha value is -1.42. The van der Waals surface area contributed by atoms with E-state index in [-0.39, 0.29) is 24.8 Å². The molecule has 0 atom stereocenters. The molecule has 3 nitrogen and oxygen atoms in total. The first-order valence-corrected chi connectivity index (χ1v) is 6.34. The molecule has 0 saturated heterocycles. The average molecular weight is 253 g/mol. The Morgan fingerprint density at radius 2 is 1.78 bits per heavy atom. The van der Waals surface area contributed by atoms with Crippen LogP contribution < -0.4 is 5.32 Å². The Labute approximate surface area is 107 Å². The highest BCUT2D eigenvalue weighted by atomic mass is 19.1. The van der Waals surface area contributed by atoms with Crippen LogP contribution in [0.4, 0.5) is 4.39 Å². The van der Waals surface area contributed by atoms with Gasteiger partial charge < -0.3 is 10.4 Å². The van der Waals surface area contributed by atoms with Gasteiger partial charge in [-0.1, -0.05) is 25.0 Å². The predicted octanol–water partition coefficient (Wildman–Crippen LogP) is 2.04. The number of benzene rings is 1. The highest BCUT2D eigenvalue weighted by Gasteiger charge is 2.02. The van der Waals surface area contributed by atoms with E-state index in [9.17, 15) is 9.18 Å². The molecule has 18 heavy (non-hydrogen) atoms. The topological polar surface area (TPSA) is 49.3 Å². The van der Waals surface area contributed by atoms with E-state index >= 15 is 0 Å². The fraction of sp³-hybridized carbons (Fsp3) is 0.500. The third-order valence-corrected chi connectivity index (χ3v) is 2.68. The average Bonchev–Trinajstić information content (AvgIpc) is 2.36. The van der Waals surface area contributed by atoms with Crippen molar-refractivity contribution in [3.05, 3.63) is 35.6 Å². The molecule has 1 rings (SSSR count). The van der Waals surface area contributed by atoms with Crippen LogP contribution in [0.5, 0.6) is 0 Å². The minimum atomic E-state index is -0.289. The number of nitrogens with one attached hydrogen (secondary N) is 1. The summed E-state index contributed by atoms with van der Waals surface area (Å²) in [4.78, 5) is 11.5. The molecule has 0 saturated carbocycles. The molecular formula is C14H20FNO2. The van der Waals surface area contributed by atoms with Gasteiger partial charge in [0.15, 0.2) is 0 Å². The standard InChI is InChI=1S/C14H20FNO2/c15-13-7-5-12(6-8-13)11-14(18)16-9-3-1-2-4-10-17/h5-8,17H,1-4,9-11H2,(H,16,18). The lowest BCUT2D eigenvalue weighted by atomic mass is 10.1. The van der Waals surface area contributed by atoms with E-state index in [2.05, 4.69) is 5.32 Å². The zero-order valence-corrected chi connectivity index (χ0v) is 10.5. The van der Waals surface area contributed by atoms with Crippen molar-refractivity contribution in [2.75, 3.05) is 13.2 Å². The lowest BCUT2D eigenvalue weighted by molar-refractivity contribution is -0.120. The molecule has 0 spiro atoms. The Morgan fingerprint density at radius 1 is 1.11 bits per heavy atom. The molecule has 100 valence electrons. The maximum absolute atomic E-state index is 12.7. The van der Waals surface area contributed by atoms with E-state index in [0.717, 1.165) is 31.2 Å². The van der Waals surface area contributed by atoms with E-state index in [4.69, 9.17) is 5.11 Å². The van der Waals surface area contributed by atoms with Gasteiger partial charge in [-0.15, -0.1) is 0 Å². The second-order valence-corrected chi connectivity index (χ2v) is 4.29. The molecule has 1 amide bonds. The molecule has 0 bridgehead atoms. The van der Waals surface area contributed by atoms with Crippen LogP contribution in [-0.4, -0.2) is 24.2 Å². The molecule has 0 fully saturated rings. The minimum absolute atomic E-state index is 0.0382. The highest BCUT2D eigenvalue weighted by molar-refractivity contribution is 5.78. The molecule has 0 aliphatic rings. The quantitative estimate of drug-likeness (QED) is 0.696. The van der Waals surface area contributed by atoms with E-state index in [1.54, 1.807) is 12.1 Å². The van der Waals surface area contributed by atoms with Crippen molar-refractivity contribution in [1.82, 2.24) is 5.32 Å². The Bertz CT molecular complexity index is 351. The number of hydrogen-bond acceptors (Lipinski definition) is 2. The van der Waals surface area contributed by atoms with Crippen LogP contribution in [0.25, 0.3) is 0 Å². The number of carbonyl (C=O) groups excluding carboxylic acids is 1. The van der Waals surface area contributed by atoms with Gasteiger partial charge >= 0.3 is 0 Å². The minimum Gasteiger partial charge on any atom is -0.396 e. The highest BCUT2D eigenvalue weighted by Crippen LogP contribution is 2.03. The molecule has 1 aromatic carbocycles. The molecule has 0 heterocycles. The molecule has 1 aromatic rings. The van der Waals surface area contributed by atoms with Gasteiger partial charge in [0, 0.05) is 13.2 Å². The van der Waals surface area contributed by atoms with Gasteiger partial charge in [0.05, 0.1) is 6.42 Å². The molecule has 0 aromatic heterocycles. The number of unbranched alkanes of at least 4 members (excludes halogenated alkanes) is 3. The Balaban J connectivity index is 2.12. The van der Waals surface area contributed by atoms with Crippen molar-refractivity contribution in [2.24, 2.45) is 0 Å². The summed E-state index contributed by atoms with van der Waals surface area (Å²) in [6, 6.07) is 5.96. The van der Waals surface area contributed by atoms with Gasteiger partial charge in [-0.2, -0.15) is 0 Å². The summed E-state index contributed by atoms with van der Waals surface area (Å²) < 4.78 is 12.7. The largest absolute Gasteiger partial charge is 0.396 e. The monoisotopic (exact) mass is 253 g/mol. The number of amides is 1. The summed E-state index contributed by atoms with van der Waals surface area (Å²) in [7, 11) is 0. The Kier molecular flexibility index (Phi) is 7.03. The summed E-state index contributed by atoms with van der Waals surface area (Å²) >= 11 is 0. The molecule has 0 aliphatic heterocycles. The number of aliphatic hydroxyl groups is 1. The van der Waals surface area contributed by atoms with Crippen LogP contribution in [-0.2, 0) is 11.2 Å². The number of aliphatic hydroxyl groups excluding tert-OH is 1. The Morgan fingerprint density at radius 3 is 2.44 bits per heavy atom. The smallest absolute Gasteiger partial charge is 0.224 e. The summed E-state index contributed by atoms with van der Waals surface area (Å²) in [6.45, 7) is 0.891. The van der Waals surface area contributed by atoms with Crippen molar-refractivity contribution < 1.29 is 14.3 Å². The van der Waals surface area contributed by atoms with E-state index in [0.29, 0.717) is 6.54 Å². The second kappa shape index (κ2) is 8.64. The molecular weight excluding hydrogens is 233 g/mol. The molecule has 0 radical (unpaired) electrons. The van der Waals surface area contributed by atoms with Crippen LogP contribution in [0.2, 0.25) is 0 Å². The van der Waals surface area contributed by atoms with Crippen LogP contribution in [0.15, 0.2) is 24.3 Å². The van der Waals surface area contributed by atoms with Crippen molar-refractivity contribution in [3.8, 4) is 0 Å².